The Kier molecular flexibility index (Phi) is 3.83. The van der Waals surface area contributed by atoms with Crippen LogP contribution >= 0.6 is 22.6 Å². The Morgan fingerprint density at radius 2 is 2.00 bits per heavy atom. The summed E-state index contributed by atoms with van der Waals surface area (Å²) in [5, 5.41) is 2.88. The van der Waals surface area contributed by atoms with Crippen molar-refractivity contribution in [3.05, 3.63) is 57.6 Å². The Balaban J connectivity index is 2.04. The van der Waals surface area contributed by atoms with E-state index in [4.69, 9.17) is 4.42 Å². The molecule has 0 aliphatic heterocycles. The van der Waals surface area contributed by atoms with Crippen molar-refractivity contribution in [2.24, 2.45) is 0 Å². The third kappa shape index (κ3) is 3.09. The van der Waals surface area contributed by atoms with Gasteiger partial charge in [0.2, 0.25) is 0 Å². The maximum atomic E-state index is 11.8. The molecule has 1 heterocycles. The van der Waals surface area contributed by atoms with Crippen LogP contribution in [0.25, 0.3) is 0 Å². The highest BCUT2D eigenvalue weighted by Gasteiger charge is 2.12. The van der Waals surface area contributed by atoms with Gasteiger partial charge in [0.05, 0.1) is 12.3 Å². The predicted molar refractivity (Wildman–Crippen MR) is 73.7 cm³/mol. The first-order chi connectivity index (χ1) is 8.16. The number of hydrogen-bond acceptors (Lipinski definition) is 2. The van der Waals surface area contributed by atoms with Crippen LogP contribution < -0.4 is 5.32 Å². The van der Waals surface area contributed by atoms with Gasteiger partial charge in [0.1, 0.15) is 0 Å². The van der Waals surface area contributed by atoms with Crippen LogP contribution in [0.4, 0.5) is 0 Å². The molecule has 2 aromatic rings. The smallest absolute Gasteiger partial charge is 0.287 e. The van der Waals surface area contributed by atoms with Crippen LogP contribution in [0, 0.1) is 3.57 Å². The van der Waals surface area contributed by atoms with Crippen molar-refractivity contribution in [1.29, 1.82) is 0 Å². The van der Waals surface area contributed by atoms with E-state index >= 15 is 0 Å². The lowest BCUT2D eigenvalue weighted by Crippen LogP contribution is -2.26. The molecular formula is C13H12INO2. The minimum Gasteiger partial charge on any atom is -0.459 e. The van der Waals surface area contributed by atoms with Gasteiger partial charge in [0.15, 0.2) is 5.76 Å². The van der Waals surface area contributed by atoms with Crippen molar-refractivity contribution >= 4 is 28.5 Å². The molecule has 1 atom stereocenters. The molecule has 0 spiro atoms. The maximum Gasteiger partial charge on any atom is 0.287 e. The van der Waals surface area contributed by atoms with Crippen LogP contribution in [0.5, 0.6) is 0 Å². The Hall–Kier alpha value is -1.30. The molecule has 0 saturated carbocycles. The van der Waals surface area contributed by atoms with Crippen LogP contribution in [0.3, 0.4) is 0 Å². The molecule has 0 unspecified atom stereocenters. The van der Waals surface area contributed by atoms with Crippen molar-refractivity contribution in [2.45, 2.75) is 13.0 Å². The molecule has 0 saturated heterocycles. The number of carbonyl (C=O) groups excluding carboxylic acids is 1. The van der Waals surface area contributed by atoms with E-state index < -0.39 is 0 Å². The molecular weight excluding hydrogens is 329 g/mol. The van der Waals surface area contributed by atoms with Gasteiger partial charge in [-0.25, -0.2) is 0 Å². The second-order valence-electron chi connectivity index (χ2n) is 3.72. The molecule has 0 aliphatic rings. The predicted octanol–water partition coefficient (Wildman–Crippen LogP) is 3.38. The molecule has 0 bridgehead atoms. The van der Waals surface area contributed by atoms with Gasteiger partial charge in [-0.05, 0) is 59.3 Å². The lowest BCUT2D eigenvalue weighted by atomic mass is 10.1. The molecule has 17 heavy (non-hydrogen) atoms. The number of amides is 1. The van der Waals surface area contributed by atoms with Gasteiger partial charge in [-0.2, -0.15) is 0 Å². The summed E-state index contributed by atoms with van der Waals surface area (Å²) in [5.41, 5.74) is 1.07. The Bertz CT molecular complexity index is 491. The molecule has 4 heteroatoms. The lowest BCUT2D eigenvalue weighted by molar-refractivity contribution is 0.0912. The van der Waals surface area contributed by atoms with E-state index in [2.05, 4.69) is 27.9 Å². The van der Waals surface area contributed by atoms with Gasteiger partial charge >= 0.3 is 0 Å². The largest absolute Gasteiger partial charge is 0.459 e. The van der Waals surface area contributed by atoms with E-state index in [1.54, 1.807) is 12.1 Å². The number of rotatable bonds is 3. The SMILES string of the molecule is C[C@@H](NC(=O)c1ccco1)c1ccc(I)cc1. The third-order valence-electron chi connectivity index (χ3n) is 2.46. The Morgan fingerprint density at radius 3 is 2.59 bits per heavy atom. The normalized spacial score (nSPS) is 12.1. The van der Waals surface area contributed by atoms with E-state index in [0.29, 0.717) is 5.76 Å². The standard InChI is InChI=1S/C13H12INO2/c1-9(10-4-6-11(14)7-5-10)15-13(16)12-3-2-8-17-12/h2-9H,1H3,(H,15,16)/t9-/m1/s1. The zero-order valence-electron chi connectivity index (χ0n) is 9.31. The van der Waals surface area contributed by atoms with Crippen molar-refractivity contribution < 1.29 is 9.21 Å². The minimum atomic E-state index is -0.193. The second-order valence-corrected chi connectivity index (χ2v) is 4.97. The first kappa shape index (κ1) is 12.2. The van der Waals surface area contributed by atoms with Crippen molar-refractivity contribution in [3.63, 3.8) is 0 Å². The molecule has 1 N–H and O–H groups in total. The molecule has 2 rings (SSSR count). The number of nitrogens with one attached hydrogen (secondary N) is 1. The topological polar surface area (TPSA) is 42.2 Å². The Labute approximate surface area is 113 Å². The van der Waals surface area contributed by atoms with Gasteiger partial charge in [-0.1, -0.05) is 12.1 Å². The number of benzene rings is 1. The average molecular weight is 341 g/mol. The molecule has 0 fully saturated rings. The Morgan fingerprint density at radius 1 is 1.29 bits per heavy atom. The molecule has 0 radical (unpaired) electrons. The van der Waals surface area contributed by atoms with Crippen LogP contribution in [-0.2, 0) is 0 Å². The number of hydrogen-bond donors (Lipinski definition) is 1. The molecule has 0 aliphatic carbocycles. The zero-order valence-corrected chi connectivity index (χ0v) is 11.5. The van der Waals surface area contributed by atoms with Crippen molar-refractivity contribution in [3.8, 4) is 0 Å². The van der Waals surface area contributed by atoms with E-state index in [-0.39, 0.29) is 11.9 Å². The molecule has 1 aromatic heterocycles. The monoisotopic (exact) mass is 341 g/mol. The van der Waals surface area contributed by atoms with Gasteiger partial charge < -0.3 is 9.73 Å². The maximum absolute atomic E-state index is 11.8. The summed E-state index contributed by atoms with van der Waals surface area (Å²) in [4.78, 5) is 11.8. The zero-order chi connectivity index (χ0) is 12.3. The fraction of sp³-hybridized carbons (Fsp3) is 0.154. The second kappa shape index (κ2) is 5.35. The molecule has 1 aromatic carbocycles. The van der Waals surface area contributed by atoms with Crippen LogP contribution in [0.2, 0.25) is 0 Å². The summed E-state index contributed by atoms with van der Waals surface area (Å²) in [6.07, 6.45) is 1.49. The van der Waals surface area contributed by atoms with Gasteiger partial charge in [0, 0.05) is 3.57 Å². The molecule has 1 amide bonds. The van der Waals surface area contributed by atoms with Gasteiger partial charge in [-0.3, -0.25) is 4.79 Å². The first-order valence-corrected chi connectivity index (χ1v) is 6.34. The van der Waals surface area contributed by atoms with Crippen LogP contribution in [0.15, 0.2) is 47.1 Å². The average Bonchev–Trinajstić information content (AvgIpc) is 2.83. The number of furan rings is 1. The first-order valence-electron chi connectivity index (χ1n) is 5.26. The fourth-order valence-electron chi connectivity index (χ4n) is 1.51. The highest BCUT2D eigenvalue weighted by atomic mass is 127. The van der Waals surface area contributed by atoms with Crippen LogP contribution in [0.1, 0.15) is 29.1 Å². The van der Waals surface area contributed by atoms with Gasteiger partial charge in [-0.15, -0.1) is 0 Å². The van der Waals surface area contributed by atoms with Crippen LogP contribution in [-0.4, -0.2) is 5.91 Å². The number of halogens is 1. The van der Waals surface area contributed by atoms with E-state index in [1.165, 1.54) is 9.83 Å². The summed E-state index contributed by atoms with van der Waals surface area (Å²) < 4.78 is 6.21. The third-order valence-corrected chi connectivity index (χ3v) is 3.18. The highest BCUT2D eigenvalue weighted by molar-refractivity contribution is 14.1. The summed E-state index contributed by atoms with van der Waals surface area (Å²) in [7, 11) is 0. The lowest BCUT2D eigenvalue weighted by Gasteiger charge is -2.13. The van der Waals surface area contributed by atoms with E-state index in [1.807, 2.05) is 31.2 Å². The minimum absolute atomic E-state index is 0.0374. The highest BCUT2D eigenvalue weighted by Crippen LogP contribution is 2.15. The summed E-state index contributed by atoms with van der Waals surface area (Å²) in [5.74, 6) is 0.142. The van der Waals surface area contributed by atoms with E-state index in [9.17, 15) is 4.79 Å². The quantitative estimate of drug-likeness (QED) is 0.870. The fourth-order valence-corrected chi connectivity index (χ4v) is 1.87. The summed E-state index contributed by atoms with van der Waals surface area (Å²) in [6, 6.07) is 11.4. The summed E-state index contributed by atoms with van der Waals surface area (Å²) >= 11 is 2.25. The molecule has 88 valence electrons. The van der Waals surface area contributed by atoms with Crippen molar-refractivity contribution in [2.75, 3.05) is 0 Å². The number of carbonyl (C=O) groups is 1. The van der Waals surface area contributed by atoms with E-state index in [0.717, 1.165) is 5.56 Å². The molecule has 3 nitrogen and oxygen atoms in total. The summed E-state index contributed by atoms with van der Waals surface area (Å²) in [6.45, 7) is 1.95. The van der Waals surface area contributed by atoms with Crippen molar-refractivity contribution in [1.82, 2.24) is 5.32 Å². The van der Waals surface area contributed by atoms with Gasteiger partial charge in [0.25, 0.3) is 5.91 Å².